The summed E-state index contributed by atoms with van der Waals surface area (Å²) >= 11 is 4.58. The number of carbonyl (C=O) groups excluding carboxylic acids is 2. The van der Waals surface area contributed by atoms with Crippen LogP contribution in [0.25, 0.3) is 10.9 Å². The Balaban J connectivity index is 1.47. The molecular formula is C17H15BrN4O2S. The molecule has 0 unspecified atom stereocenters. The maximum Gasteiger partial charge on any atom is 0.333 e. The van der Waals surface area contributed by atoms with Crippen molar-refractivity contribution in [2.75, 3.05) is 6.54 Å². The number of pyridine rings is 1. The maximum atomic E-state index is 11.8. The number of amides is 3. The van der Waals surface area contributed by atoms with Crippen molar-refractivity contribution in [3.8, 4) is 0 Å². The van der Waals surface area contributed by atoms with Crippen LogP contribution in [-0.2, 0) is 6.42 Å². The van der Waals surface area contributed by atoms with Gasteiger partial charge in [0.15, 0.2) is 0 Å². The molecule has 0 saturated carbocycles. The first-order chi connectivity index (χ1) is 12.1. The van der Waals surface area contributed by atoms with Crippen LogP contribution in [-0.4, -0.2) is 23.5 Å². The zero-order chi connectivity index (χ0) is 17.6. The normalized spacial score (nSPS) is 10.4. The average Bonchev–Trinajstić information content (AvgIpc) is 3.06. The van der Waals surface area contributed by atoms with Crippen molar-refractivity contribution in [3.63, 3.8) is 0 Å². The molecule has 0 aliphatic carbocycles. The number of rotatable bonds is 4. The molecule has 3 N–H and O–H groups in total. The van der Waals surface area contributed by atoms with Gasteiger partial charge in [-0.1, -0.05) is 24.3 Å². The number of urea groups is 1. The topological polar surface area (TPSA) is 83.1 Å². The molecular weight excluding hydrogens is 404 g/mol. The Bertz CT molecular complexity index is 907. The zero-order valence-corrected chi connectivity index (χ0v) is 15.5. The molecule has 3 amide bonds. The van der Waals surface area contributed by atoms with Gasteiger partial charge in [-0.25, -0.2) is 10.2 Å². The predicted octanol–water partition coefficient (Wildman–Crippen LogP) is 3.25. The Morgan fingerprint density at radius 1 is 1.08 bits per heavy atom. The van der Waals surface area contributed by atoms with E-state index in [1.165, 1.54) is 11.3 Å². The SMILES string of the molecule is O=C(NCCc1cccc2cccnc12)NNC(=O)c1ccc(Br)s1. The fourth-order valence-corrected chi connectivity index (χ4v) is 3.62. The van der Waals surface area contributed by atoms with Gasteiger partial charge >= 0.3 is 6.03 Å². The third kappa shape index (κ3) is 4.55. The van der Waals surface area contributed by atoms with Gasteiger partial charge in [-0.3, -0.25) is 15.2 Å². The van der Waals surface area contributed by atoms with Crippen LogP contribution in [0.4, 0.5) is 4.79 Å². The molecule has 0 aliphatic heterocycles. The number of para-hydroxylation sites is 1. The fourth-order valence-electron chi connectivity index (χ4n) is 2.34. The van der Waals surface area contributed by atoms with Crippen LogP contribution < -0.4 is 16.2 Å². The van der Waals surface area contributed by atoms with Gasteiger partial charge in [0.25, 0.3) is 5.91 Å². The van der Waals surface area contributed by atoms with Crippen molar-refractivity contribution in [3.05, 3.63) is 62.9 Å². The van der Waals surface area contributed by atoms with E-state index >= 15 is 0 Å². The van der Waals surface area contributed by atoms with E-state index in [0.29, 0.717) is 17.8 Å². The molecule has 0 fully saturated rings. The van der Waals surface area contributed by atoms with Crippen LogP contribution in [0.2, 0.25) is 0 Å². The number of carbonyl (C=O) groups is 2. The third-order valence-corrected chi connectivity index (χ3v) is 5.11. The van der Waals surface area contributed by atoms with Gasteiger partial charge in [0.1, 0.15) is 0 Å². The number of nitrogens with zero attached hydrogens (tertiary/aromatic N) is 1. The highest BCUT2D eigenvalue weighted by atomic mass is 79.9. The smallest absolute Gasteiger partial charge is 0.333 e. The number of thiophene rings is 1. The highest BCUT2D eigenvalue weighted by molar-refractivity contribution is 9.11. The summed E-state index contributed by atoms with van der Waals surface area (Å²) in [6.45, 7) is 0.432. The summed E-state index contributed by atoms with van der Waals surface area (Å²) < 4.78 is 0.853. The lowest BCUT2D eigenvalue weighted by Gasteiger charge is -2.09. The van der Waals surface area contributed by atoms with Crippen molar-refractivity contribution in [2.45, 2.75) is 6.42 Å². The number of aromatic nitrogens is 1. The van der Waals surface area contributed by atoms with Crippen molar-refractivity contribution in [2.24, 2.45) is 0 Å². The summed E-state index contributed by atoms with van der Waals surface area (Å²) in [5.41, 5.74) is 6.70. The standard InChI is InChI=1S/C17H15BrN4O2S/c18-14-7-6-13(25-14)16(23)21-22-17(24)20-10-8-12-4-1-3-11-5-2-9-19-15(11)12/h1-7,9H,8,10H2,(H,21,23)(H2,20,22,24). The lowest BCUT2D eigenvalue weighted by molar-refractivity contribution is 0.0940. The van der Waals surface area contributed by atoms with E-state index in [4.69, 9.17) is 0 Å². The quantitative estimate of drug-likeness (QED) is 0.568. The minimum atomic E-state index is -0.461. The summed E-state index contributed by atoms with van der Waals surface area (Å²) in [7, 11) is 0. The molecule has 0 atom stereocenters. The van der Waals surface area contributed by atoms with Crippen LogP contribution in [0, 0.1) is 0 Å². The summed E-state index contributed by atoms with van der Waals surface area (Å²) in [5.74, 6) is -0.357. The molecule has 0 bridgehead atoms. The van der Waals surface area contributed by atoms with Gasteiger partial charge in [0, 0.05) is 18.1 Å². The van der Waals surface area contributed by atoms with Crippen molar-refractivity contribution >= 4 is 50.1 Å². The fraction of sp³-hybridized carbons (Fsp3) is 0.118. The highest BCUT2D eigenvalue weighted by Gasteiger charge is 2.09. The first-order valence-corrected chi connectivity index (χ1v) is 9.16. The minimum Gasteiger partial charge on any atom is -0.336 e. The summed E-state index contributed by atoms with van der Waals surface area (Å²) in [5, 5.41) is 3.78. The van der Waals surface area contributed by atoms with Crippen molar-refractivity contribution < 1.29 is 9.59 Å². The summed E-state index contributed by atoms with van der Waals surface area (Å²) in [6, 6.07) is 12.9. The average molecular weight is 419 g/mol. The van der Waals surface area contributed by atoms with Crippen LogP contribution >= 0.6 is 27.3 Å². The van der Waals surface area contributed by atoms with Gasteiger partial charge in [-0.05, 0) is 46.1 Å². The number of hydrazine groups is 1. The molecule has 128 valence electrons. The number of benzene rings is 1. The lowest BCUT2D eigenvalue weighted by Crippen LogP contribution is -2.47. The number of nitrogens with one attached hydrogen (secondary N) is 3. The zero-order valence-electron chi connectivity index (χ0n) is 13.1. The van der Waals surface area contributed by atoms with Gasteiger partial charge in [-0.2, -0.15) is 0 Å². The molecule has 2 heterocycles. The third-order valence-electron chi connectivity index (χ3n) is 3.48. The number of hydrogen-bond donors (Lipinski definition) is 3. The predicted molar refractivity (Wildman–Crippen MR) is 101 cm³/mol. The lowest BCUT2D eigenvalue weighted by atomic mass is 10.1. The Kier molecular flexibility index (Phi) is 5.62. The number of halogens is 1. The molecule has 3 rings (SSSR count). The van der Waals surface area contributed by atoms with Crippen molar-refractivity contribution in [1.82, 2.24) is 21.2 Å². The molecule has 8 heteroatoms. The Morgan fingerprint density at radius 3 is 2.72 bits per heavy atom. The molecule has 3 aromatic rings. The largest absolute Gasteiger partial charge is 0.336 e. The van der Waals surface area contributed by atoms with Crippen molar-refractivity contribution in [1.29, 1.82) is 0 Å². The molecule has 2 aromatic heterocycles. The van der Waals surface area contributed by atoms with E-state index in [1.54, 1.807) is 18.3 Å². The molecule has 0 aliphatic rings. The Labute approximate surface area is 156 Å². The van der Waals surface area contributed by atoms with Crippen LogP contribution in [0.5, 0.6) is 0 Å². The summed E-state index contributed by atoms with van der Waals surface area (Å²) in [4.78, 5) is 28.5. The van der Waals surface area contributed by atoms with E-state index < -0.39 is 6.03 Å². The number of fused-ring (bicyclic) bond motifs is 1. The van der Waals surface area contributed by atoms with Crippen LogP contribution in [0.3, 0.4) is 0 Å². The van der Waals surface area contributed by atoms with Gasteiger partial charge in [-0.15, -0.1) is 11.3 Å². The van der Waals surface area contributed by atoms with Gasteiger partial charge < -0.3 is 5.32 Å². The Hall–Kier alpha value is -2.45. The molecule has 1 aromatic carbocycles. The first kappa shape index (κ1) is 17.4. The minimum absolute atomic E-state index is 0.357. The number of hydrogen-bond acceptors (Lipinski definition) is 4. The first-order valence-electron chi connectivity index (χ1n) is 7.55. The second kappa shape index (κ2) is 8.09. The molecule has 0 radical (unpaired) electrons. The second-order valence-electron chi connectivity index (χ2n) is 5.18. The summed E-state index contributed by atoms with van der Waals surface area (Å²) in [6.07, 6.45) is 2.40. The van der Waals surface area contributed by atoms with Crippen LogP contribution in [0.15, 0.2) is 52.4 Å². The van der Waals surface area contributed by atoms with E-state index in [2.05, 4.69) is 37.1 Å². The van der Waals surface area contributed by atoms with E-state index in [9.17, 15) is 9.59 Å². The second-order valence-corrected chi connectivity index (χ2v) is 7.64. The van der Waals surface area contributed by atoms with E-state index in [1.807, 2.05) is 30.3 Å². The molecule has 6 nitrogen and oxygen atoms in total. The maximum absolute atomic E-state index is 11.8. The van der Waals surface area contributed by atoms with E-state index in [0.717, 1.165) is 20.3 Å². The van der Waals surface area contributed by atoms with Crippen LogP contribution in [0.1, 0.15) is 15.2 Å². The van der Waals surface area contributed by atoms with Gasteiger partial charge in [0.05, 0.1) is 14.2 Å². The molecule has 0 saturated heterocycles. The molecule has 25 heavy (non-hydrogen) atoms. The monoisotopic (exact) mass is 418 g/mol. The molecule has 0 spiro atoms. The Morgan fingerprint density at radius 2 is 1.92 bits per heavy atom. The van der Waals surface area contributed by atoms with E-state index in [-0.39, 0.29) is 5.91 Å². The highest BCUT2D eigenvalue weighted by Crippen LogP contribution is 2.21. The van der Waals surface area contributed by atoms with Gasteiger partial charge in [0.2, 0.25) is 0 Å².